The summed E-state index contributed by atoms with van der Waals surface area (Å²) in [6.07, 6.45) is 2.02. The SMILES string of the molecule is CSc1ccc(Oc2ccccc2)c(N)c1. The van der Waals surface area contributed by atoms with E-state index in [2.05, 4.69) is 0 Å². The van der Waals surface area contributed by atoms with Gasteiger partial charge in [0.05, 0.1) is 5.69 Å². The molecule has 16 heavy (non-hydrogen) atoms. The fourth-order valence-electron chi connectivity index (χ4n) is 1.36. The van der Waals surface area contributed by atoms with Crippen molar-refractivity contribution >= 4 is 17.4 Å². The minimum absolute atomic E-state index is 0.663. The number of para-hydroxylation sites is 1. The van der Waals surface area contributed by atoms with E-state index in [-0.39, 0.29) is 0 Å². The molecule has 0 saturated carbocycles. The second-order valence-electron chi connectivity index (χ2n) is 3.32. The summed E-state index contributed by atoms with van der Waals surface area (Å²) in [5.74, 6) is 1.50. The van der Waals surface area contributed by atoms with Gasteiger partial charge in [-0.25, -0.2) is 0 Å². The second kappa shape index (κ2) is 4.94. The van der Waals surface area contributed by atoms with Crippen LogP contribution in [0.25, 0.3) is 0 Å². The van der Waals surface area contributed by atoms with Gasteiger partial charge in [0, 0.05) is 4.90 Å². The third-order valence-corrected chi connectivity index (χ3v) is 2.91. The maximum Gasteiger partial charge on any atom is 0.150 e. The van der Waals surface area contributed by atoms with Crippen molar-refractivity contribution < 1.29 is 4.74 Å². The standard InChI is InChI=1S/C13H13NOS/c1-16-11-7-8-13(12(14)9-11)15-10-5-3-2-4-6-10/h2-9H,14H2,1H3. The molecule has 3 heteroatoms. The van der Waals surface area contributed by atoms with Gasteiger partial charge >= 0.3 is 0 Å². The molecule has 0 aromatic heterocycles. The lowest BCUT2D eigenvalue weighted by Crippen LogP contribution is -1.92. The van der Waals surface area contributed by atoms with Gasteiger partial charge in [-0.3, -0.25) is 0 Å². The van der Waals surface area contributed by atoms with E-state index in [0.29, 0.717) is 11.4 Å². The lowest BCUT2D eigenvalue weighted by molar-refractivity contribution is 0.484. The van der Waals surface area contributed by atoms with Crippen LogP contribution >= 0.6 is 11.8 Å². The average Bonchev–Trinajstić information content (AvgIpc) is 2.33. The van der Waals surface area contributed by atoms with Gasteiger partial charge in [0.2, 0.25) is 0 Å². The smallest absolute Gasteiger partial charge is 0.150 e. The Morgan fingerprint density at radius 1 is 1.06 bits per heavy atom. The highest BCUT2D eigenvalue weighted by Crippen LogP contribution is 2.30. The Bertz CT molecular complexity index is 471. The van der Waals surface area contributed by atoms with Gasteiger partial charge in [0.1, 0.15) is 11.5 Å². The Balaban J connectivity index is 2.22. The monoisotopic (exact) mass is 231 g/mol. The molecule has 2 N–H and O–H groups in total. The summed E-state index contributed by atoms with van der Waals surface area (Å²) in [4.78, 5) is 1.14. The van der Waals surface area contributed by atoms with Crippen molar-refractivity contribution in [3.8, 4) is 11.5 Å². The highest BCUT2D eigenvalue weighted by molar-refractivity contribution is 7.98. The first-order valence-electron chi connectivity index (χ1n) is 4.96. The summed E-state index contributed by atoms with van der Waals surface area (Å²) in [5, 5.41) is 0. The van der Waals surface area contributed by atoms with Crippen LogP contribution in [0.1, 0.15) is 0 Å². The van der Waals surface area contributed by atoms with Gasteiger partial charge in [-0.2, -0.15) is 0 Å². The normalized spacial score (nSPS) is 10.1. The summed E-state index contributed by atoms with van der Waals surface area (Å²) in [5.41, 5.74) is 6.57. The predicted octanol–water partition coefficient (Wildman–Crippen LogP) is 3.78. The third-order valence-electron chi connectivity index (χ3n) is 2.19. The van der Waals surface area contributed by atoms with Crippen LogP contribution in [0.4, 0.5) is 5.69 Å². The highest BCUT2D eigenvalue weighted by Gasteiger charge is 2.02. The van der Waals surface area contributed by atoms with E-state index in [1.165, 1.54) is 0 Å². The van der Waals surface area contributed by atoms with Crippen molar-refractivity contribution in [3.05, 3.63) is 48.5 Å². The van der Waals surface area contributed by atoms with Gasteiger partial charge in [-0.05, 0) is 36.6 Å². The minimum Gasteiger partial charge on any atom is -0.455 e. The molecule has 0 fully saturated rings. The lowest BCUT2D eigenvalue weighted by Gasteiger charge is -2.09. The van der Waals surface area contributed by atoms with Crippen LogP contribution in [0, 0.1) is 0 Å². The van der Waals surface area contributed by atoms with Gasteiger partial charge < -0.3 is 10.5 Å². The average molecular weight is 231 g/mol. The van der Waals surface area contributed by atoms with Crippen LogP contribution in [-0.4, -0.2) is 6.26 Å². The largest absolute Gasteiger partial charge is 0.455 e. The van der Waals surface area contributed by atoms with Gasteiger partial charge in [0.15, 0.2) is 0 Å². The van der Waals surface area contributed by atoms with E-state index in [0.717, 1.165) is 10.6 Å². The van der Waals surface area contributed by atoms with Crippen molar-refractivity contribution in [2.75, 3.05) is 12.0 Å². The Hall–Kier alpha value is -1.61. The maximum absolute atomic E-state index is 5.91. The number of thioether (sulfide) groups is 1. The molecule has 2 rings (SSSR count). The molecule has 0 spiro atoms. The molecule has 0 radical (unpaired) electrons. The molecule has 0 amide bonds. The van der Waals surface area contributed by atoms with Crippen LogP contribution in [0.3, 0.4) is 0 Å². The maximum atomic E-state index is 5.91. The van der Waals surface area contributed by atoms with Crippen LogP contribution < -0.4 is 10.5 Å². The van der Waals surface area contributed by atoms with E-state index in [9.17, 15) is 0 Å². The first kappa shape index (κ1) is 10.9. The molecule has 0 bridgehead atoms. The van der Waals surface area contributed by atoms with Crippen LogP contribution in [0.2, 0.25) is 0 Å². The quantitative estimate of drug-likeness (QED) is 0.645. The molecule has 0 unspecified atom stereocenters. The van der Waals surface area contributed by atoms with Crippen LogP contribution in [-0.2, 0) is 0 Å². The van der Waals surface area contributed by atoms with Crippen LogP contribution in [0.15, 0.2) is 53.4 Å². The van der Waals surface area contributed by atoms with Crippen molar-refractivity contribution in [2.45, 2.75) is 4.90 Å². The van der Waals surface area contributed by atoms with E-state index in [1.54, 1.807) is 11.8 Å². The first-order valence-corrected chi connectivity index (χ1v) is 6.18. The summed E-state index contributed by atoms with van der Waals surface area (Å²) in [6, 6.07) is 15.4. The summed E-state index contributed by atoms with van der Waals surface area (Å²) >= 11 is 1.66. The number of benzene rings is 2. The third kappa shape index (κ3) is 2.49. The van der Waals surface area contributed by atoms with E-state index in [4.69, 9.17) is 10.5 Å². The summed E-state index contributed by atoms with van der Waals surface area (Å²) < 4.78 is 5.67. The number of rotatable bonds is 3. The van der Waals surface area contributed by atoms with Crippen molar-refractivity contribution in [1.29, 1.82) is 0 Å². The number of hydrogen-bond acceptors (Lipinski definition) is 3. The fraction of sp³-hybridized carbons (Fsp3) is 0.0769. The minimum atomic E-state index is 0.663. The molecule has 0 aliphatic heterocycles. The number of nitrogen functional groups attached to an aromatic ring is 1. The molecule has 0 atom stereocenters. The van der Waals surface area contributed by atoms with Crippen molar-refractivity contribution in [1.82, 2.24) is 0 Å². The summed E-state index contributed by atoms with van der Waals surface area (Å²) in [7, 11) is 0. The Morgan fingerprint density at radius 3 is 2.44 bits per heavy atom. The number of hydrogen-bond donors (Lipinski definition) is 1. The van der Waals surface area contributed by atoms with Crippen LogP contribution in [0.5, 0.6) is 11.5 Å². The molecule has 2 aromatic carbocycles. The van der Waals surface area contributed by atoms with E-state index >= 15 is 0 Å². The zero-order valence-electron chi connectivity index (χ0n) is 9.01. The molecule has 0 saturated heterocycles. The molecular weight excluding hydrogens is 218 g/mol. The Kier molecular flexibility index (Phi) is 3.37. The van der Waals surface area contributed by atoms with E-state index in [1.807, 2.05) is 54.8 Å². The van der Waals surface area contributed by atoms with Gasteiger partial charge in [-0.15, -0.1) is 11.8 Å². The zero-order valence-corrected chi connectivity index (χ0v) is 9.83. The molecule has 2 nitrogen and oxygen atoms in total. The Labute approximate surface area is 99.4 Å². The van der Waals surface area contributed by atoms with E-state index < -0.39 is 0 Å². The fourth-order valence-corrected chi connectivity index (χ4v) is 1.81. The predicted molar refractivity (Wildman–Crippen MR) is 69.2 cm³/mol. The molecule has 0 aliphatic rings. The topological polar surface area (TPSA) is 35.2 Å². The number of nitrogens with two attached hydrogens (primary N) is 1. The molecule has 82 valence electrons. The highest BCUT2D eigenvalue weighted by atomic mass is 32.2. The zero-order chi connectivity index (χ0) is 11.4. The van der Waals surface area contributed by atoms with Crippen molar-refractivity contribution in [2.24, 2.45) is 0 Å². The summed E-state index contributed by atoms with van der Waals surface area (Å²) in [6.45, 7) is 0. The molecule has 0 heterocycles. The molecule has 0 aliphatic carbocycles. The molecular formula is C13H13NOS. The Morgan fingerprint density at radius 2 is 1.81 bits per heavy atom. The second-order valence-corrected chi connectivity index (χ2v) is 4.20. The van der Waals surface area contributed by atoms with Gasteiger partial charge in [0.25, 0.3) is 0 Å². The number of ether oxygens (including phenoxy) is 1. The first-order chi connectivity index (χ1) is 7.79. The van der Waals surface area contributed by atoms with Crippen molar-refractivity contribution in [3.63, 3.8) is 0 Å². The number of anilines is 1. The lowest BCUT2D eigenvalue weighted by atomic mass is 10.3. The molecule has 2 aromatic rings. The van der Waals surface area contributed by atoms with Gasteiger partial charge in [-0.1, -0.05) is 18.2 Å².